The highest BCUT2D eigenvalue weighted by Gasteiger charge is 2.30. The summed E-state index contributed by atoms with van der Waals surface area (Å²) in [5, 5.41) is 23.2. The topological polar surface area (TPSA) is 82.3 Å². The molecule has 2 rings (SSSR count). The van der Waals surface area contributed by atoms with Crippen molar-refractivity contribution in [3.05, 3.63) is 32.8 Å². The predicted octanol–water partition coefficient (Wildman–Crippen LogP) is 4.82. The molecule has 5 nitrogen and oxygen atoms in total. The number of hydrogen-bond donors (Lipinski definition) is 2. The molecule has 1 aromatic carbocycles. The summed E-state index contributed by atoms with van der Waals surface area (Å²) in [6, 6.07) is 5.70. The number of nitriles is 1. The Balaban J connectivity index is 2.29. The number of unbranched alkanes of at least 4 members (excludes halogenated alkanes) is 3. The summed E-state index contributed by atoms with van der Waals surface area (Å²) < 4.78 is 5.67. The smallest absolute Gasteiger partial charge is 0.225 e. The van der Waals surface area contributed by atoms with Gasteiger partial charge in [-0.25, -0.2) is 0 Å². The number of phenols is 1. The summed E-state index contributed by atoms with van der Waals surface area (Å²) in [5.74, 6) is 0.734. The number of phenolic OH excluding ortho intramolecular Hbond substituents is 1. The molecule has 0 saturated heterocycles. The molecule has 1 aliphatic heterocycles. The van der Waals surface area contributed by atoms with E-state index in [2.05, 4.69) is 34.2 Å². The highest BCUT2D eigenvalue weighted by molar-refractivity contribution is 9.10. The van der Waals surface area contributed by atoms with Gasteiger partial charge in [0, 0.05) is 12.3 Å². The molecule has 0 unspecified atom stereocenters. The minimum atomic E-state index is -0.349. The predicted molar refractivity (Wildman–Crippen MR) is 107 cm³/mol. The summed E-state index contributed by atoms with van der Waals surface area (Å²) >= 11 is 4.84. The van der Waals surface area contributed by atoms with E-state index in [-0.39, 0.29) is 24.0 Å². The highest BCUT2D eigenvalue weighted by Crippen LogP contribution is 2.42. The van der Waals surface area contributed by atoms with E-state index < -0.39 is 0 Å². The Bertz CT molecular complexity index is 743. The molecule has 1 aliphatic rings. The Kier molecular flexibility index (Phi) is 7.85. The maximum atomic E-state index is 12.2. The summed E-state index contributed by atoms with van der Waals surface area (Å²) in [4.78, 5) is 12.2. The molecule has 0 aliphatic carbocycles. The SMILES string of the molecule is CCCCCCSC1=C(C#N)[C@@H](c2cc(Br)c(O)c(OC)c2)CC(=O)N1. The third-order valence-electron chi connectivity index (χ3n) is 4.27. The van der Waals surface area contributed by atoms with Crippen LogP contribution in [0.2, 0.25) is 0 Å². The maximum Gasteiger partial charge on any atom is 0.225 e. The number of carbonyl (C=O) groups is 1. The lowest BCUT2D eigenvalue weighted by Gasteiger charge is -2.25. The van der Waals surface area contributed by atoms with Crippen LogP contribution in [0.25, 0.3) is 0 Å². The molecule has 0 fully saturated rings. The molecule has 0 radical (unpaired) electrons. The van der Waals surface area contributed by atoms with Gasteiger partial charge in [0.1, 0.15) is 0 Å². The number of amides is 1. The molecule has 0 aromatic heterocycles. The van der Waals surface area contributed by atoms with Crippen LogP contribution < -0.4 is 10.1 Å². The van der Waals surface area contributed by atoms with Gasteiger partial charge >= 0.3 is 0 Å². The number of carbonyl (C=O) groups excluding carboxylic acids is 1. The number of ether oxygens (including phenoxy) is 1. The summed E-state index contributed by atoms with van der Waals surface area (Å²) in [5.41, 5.74) is 1.33. The lowest BCUT2D eigenvalue weighted by molar-refractivity contribution is -0.120. The minimum absolute atomic E-state index is 0.00419. The Morgan fingerprint density at radius 2 is 2.19 bits per heavy atom. The first-order valence-corrected chi connectivity index (χ1v) is 10.4. The van der Waals surface area contributed by atoms with Crippen LogP contribution in [0.15, 0.2) is 27.2 Å². The van der Waals surface area contributed by atoms with Gasteiger partial charge < -0.3 is 15.2 Å². The second-order valence-corrected chi connectivity index (χ2v) is 8.08. The van der Waals surface area contributed by atoms with Crippen molar-refractivity contribution in [2.75, 3.05) is 12.9 Å². The van der Waals surface area contributed by atoms with E-state index in [1.54, 1.807) is 12.1 Å². The number of aromatic hydroxyl groups is 1. The lowest BCUT2D eigenvalue weighted by Crippen LogP contribution is -2.31. The van der Waals surface area contributed by atoms with Crippen LogP contribution in [0, 0.1) is 11.3 Å². The molecule has 2 N–H and O–H groups in total. The third-order valence-corrected chi connectivity index (χ3v) is 5.98. The molecule has 1 heterocycles. The van der Waals surface area contributed by atoms with Crippen LogP contribution in [-0.4, -0.2) is 23.9 Å². The summed E-state index contributed by atoms with van der Waals surface area (Å²) in [6.45, 7) is 2.17. The van der Waals surface area contributed by atoms with Crippen molar-refractivity contribution < 1.29 is 14.6 Å². The first-order valence-electron chi connectivity index (χ1n) is 8.65. The fourth-order valence-electron chi connectivity index (χ4n) is 2.87. The molecule has 7 heteroatoms. The van der Waals surface area contributed by atoms with Gasteiger partial charge in [0.15, 0.2) is 11.5 Å². The average molecular weight is 439 g/mol. The van der Waals surface area contributed by atoms with Gasteiger partial charge in [0.05, 0.1) is 28.3 Å². The van der Waals surface area contributed by atoms with E-state index >= 15 is 0 Å². The Morgan fingerprint density at radius 3 is 2.85 bits per heavy atom. The fraction of sp³-hybridized carbons (Fsp3) is 0.474. The van der Waals surface area contributed by atoms with Crippen LogP contribution >= 0.6 is 27.7 Å². The quantitative estimate of drug-likeness (QED) is 0.568. The number of allylic oxidation sites excluding steroid dienone is 1. The van der Waals surface area contributed by atoms with E-state index in [4.69, 9.17) is 4.74 Å². The van der Waals surface area contributed by atoms with Gasteiger partial charge in [-0.15, -0.1) is 11.8 Å². The van der Waals surface area contributed by atoms with Gasteiger partial charge in [0.25, 0.3) is 0 Å². The molecular weight excluding hydrogens is 416 g/mol. The summed E-state index contributed by atoms with van der Waals surface area (Å²) in [6.07, 6.45) is 4.77. The van der Waals surface area contributed by atoms with Gasteiger partial charge in [-0.05, 0) is 45.8 Å². The summed E-state index contributed by atoms with van der Waals surface area (Å²) in [7, 11) is 1.47. The first kappa shape index (κ1) is 20.7. The van der Waals surface area contributed by atoms with E-state index in [0.29, 0.717) is 20.8 Å². The van der Waals surface area contributed by atoms with Gasteiger partial charge in [-0.2, -0.15) is 5.26 Å². The molecule has 0 bridgehead atoms. The van der Waals surface area contributed by atoms with Gasteiger partial charge in [-0.3, -0.25) is 4.79 Å². The average Bonchev–Trinajstić information content (AvgIpc) is 2.63. The zero-order valence-electron chi connectivity index (χ0n) is 15.0. The van der Waals surface area contributed by atoms with Crippen molar-refractivity contribution in [2.45, 2.75) is 44.9 Å². The molecular formula is C19H23BrN2O3S. The van der Waals surface area contributed by atoms with Crippen molar-refractivity contribution in [1.29, 1.82) is 5.26 Å². The highest BCUT2D eigenvalue weighted by atomic mass is 79.9. The number of nitrogens with zero attached hydrogens (tertiary/aromatic N) is 1. The van der Waals surface area contributed by atoms with Crippen LogP contribution in [0.3, 0.4) is 0 Å². The van der Waals surface area contributed by atoms with Gasteiger partial charge in [0.2, 0.25) is 5.91 Å². The van der Waals surface area contributed by atoms with Gasteiger partial charge in [-0.1, -0.05) is 26.2 Å². The molecule has 0 spiro atoms. The number of benzene rings is 1. The van der Waals surface area contributed by atoms with Crippen LogP contribution in [0.4, 0.5) is 0 Å². The lowest BCUT2D eigenvalue weighted by atomic mass is 9.87. The number of thioether (sulfide) groups is 1. The Morgan fingerprint density at radius 1 is 1.42 bits per heavy atom. The number of halogens is 1. The first-order chi connectivity index (χ1) is 12.5. The standard InChI is InChI=1S/C19H23BrN2O3S/c1-3-4-5-6-7-26-19-14(11-21)13(10-17(23)22-19)12-8-15(20)18(24)16(9-12)25-2/h8-9,13,24H,3-7,10H2,1-2H3,(H,22,23)/t13-/m1/s1. The molecule has 26 heavy (non-hydrogen) atoms. The molecule has 140 valence electrons. The monoisotopic (exact) mass is 438 g/mol. The van der Waals surface area contributed by atoms with Crippen molar-refractivity contribution >= 4 is 33.6 Å². The normalized spacial score (nSPS) is 17.0. The van der Waals surface area contributed by atoms with Crippen molar-refractivity contribution in [1.82, 2.24) is 5.32 Å². The van der Waals surface area contributed by atoms with E-state index in [1.165, 1.54) is 31.7 Å². The number of rotatable bonds is 8. The fourth-order valence-corrected chi connectivity index (χ4v) is 4.41. The second-order valence-electron chi connectivity index (χ2n) is 6.12. The van der Waals surface area contributed by atoms with Crippen LogP contribution in [0.1, 0.15) is 50.5 Å². The van der Waals surface area contributed by atoms with Crippen molar-refractivity contribution in [2.24, 2.45) is 0 Å². The van der Waals surface area contributed by atoms with Crippen LogP contribution in [-0.2, 0) is 4.79 Å². The zero-order chi connectivity index (χ0) is 19.1. The number of methoxy groups -OCH3 is 1. The Hall–Kier alpha value is -1.65. The largest absolute Gasteiger partial charge is 0.503 e. The van der Waals surface area contributed by atoms with Crippen molar-refractivity contribution in [3.8, 4) is 17.6 Å². The number of nitrogens with one attached hydrogen (secondary N) is 1. The zero-order valence-corrected chi connectivity index (χ0v) is 17.4. The molecule has 1 amide bonds. The third kappa shape index (κ3) is 4.95. The number of hydrogen-bond acceptors (Lipinski definition) is 5. The van der Waals surface area contributed by atoms with E-state index in [9.17, 15) is 15.2 Å². The maximum absolute atomic E-state index is 12.2. The van der Waals surface area contributed by atoms with E-state index in [0.717, 1.165) is 24.2 Å². The van der Waals surface area contributed by atoms with Crippen molar-refractivity contribution in [3.63, 3.8) is 0 Å². The molecule has 1 aromatic rings. The van der Waals surface area contributed by atoms with Crippen LogP contribution in [0.5, 0.6) is 11.5 Å². The molecule has 0 saturated carbocycles. The molecule has 1 atom stereocenters. The second kappa shape index (κ2) is 9.89. The Labute approximate surface area is 166 Å². The minimum Gasteiger partial charge on any atom is -0.503 e. The van der Waals surface area contributed by atoms with E-state index in [1.807, 2.05) is 0 Å².